The largest absolute Gasteiger partial charge is 0.462 e. The molecule has 1 aliphatic rings. The number of carbonyl (C=O) groups is 1. The van der Waals surface area contributed by atoms with Crippen molar-refractivity contribution in [2.75, 3.05) is 19.7 Å². The molecule has 0 bridgehead atoms. The van der Waals surface area contributed by atoms with Gasteiger partial charge in [0.1, 0.15) is 0 Å². The van der Waals surface area contributed by atoms with Crippen molar-refractivity contribution < 1.29 is 9.53 Å². The average molecular weight is 412 g/mol. The Balaban J connectivity index is 1.84. The van der Waals surface area contributed by atoms with E-state index in [1.54, 1.807) is 6.92 Å². The van der Waals surface area contributed by atoms with Gasteiger partial charge in [0.2, 0.25) is 0 Å². The lowest BCUT2D eigenvalue weighted by atomic mass is 10.1. The summed E-state index contributed by atoms with van der Waals surface area (Å²) in [7, 11) is 0. The number of nitrogens with zero attached hydrogens (tertiary/aromatic N) is 1. The Labute approximate surface area is 162 Å². The van der Waals surface area contributed by atoms with Crippen molar-refractivity contribution >= 4 is 21.9 Å². The molecule has 1 aliphatic heterocycles. The van der Waals surface area contributed by atoms with Crippen LogP contribution in [0.25, 0.3) is 0 Å². The number of allylic oxidation sites excluding steroid dienone is 2. The molecule has 0 N–H and O–H groups in total. The molecular formula is C21H34BrNO2. The normalized spacial score (nSPS) is 14.1. The average Bonchev–Trinajstić information content (AvgIpc) is 2.57. The number of hydrogen-bond donors (Lipinski definition) is 0. The summed E-state index contributed by atoms with van der Waals surface area (Å²) in [5, 5.41) is 0. The number of rotatable bonds is 13. The van der Waals surface area contributed by atoms with E-state index in [2.05, 4.69) is 46.5 Å². The molecule has 0 aliphatic carbocycles. The predicted molar refractivity (Wildman–Crippen MR) is 110 cm³/mol. The summed E-state index contributed by atoms with van der Waals surface area (Å²) in [5.74, 6) is -0.266. The topological polar surface area (TPSA) is 29.5 Å². The monoisotopic (exact) mass is 411 g/mol. The molecule has 0 radical (unpaired) electrons. The van der Waals surface area contributed by atoms with Gasteiger partial charge in [-0.25, -0.2) is 4.79 Å². The SMILES string of the molecule is C=C(C)C(=O)OCCCCCCCCCCCN1CC=C(C)C=C1Br. The van der Waals surface area contributed by atoms with Crippen molar-refractivity contribution in [3.8, 4) is 0 Å². The van der Waals surface area contributed by atoms with Gasteiger partial charge in [-0.1, -0.05) is 63.2 Å². The quantitative estimate of drug-likeness (QED) is 0.158. The van der Waals surface area contributed by atoms with E-state index in [1.165, 1.54) is 55.1 Å². The number of carbonyl (C=O) groups excluding carboxylic acids is 1. The van der Waals surface area contributed by atoms with Gasteiger partial charge in [0, 0.05) is 18.7 Å². The molecule has 0 aromatic carbocycles. The standard InChI is InChI=1S/C21H34BrNO2/c1-18(2)21(24)25-16-12-10-8-6-4-5-7-9-11-14-23-15-13-19(3)17-20(23)22/h13,17H,1,4-12,14-16H2,2-3H3. The molecule has 1 heterocycles. The van der Waals surface area contributed by atoms with Crippen LogP contribution in [0, 0.1) is 0 Å². The summed E-state index contributed by atoms with van der Waals surface area (Å²) < 4.78 is 6.31. The Morgan fingerprint density at radius 2 is 1.68 bits per heavy atom. The lowest BCUT2D eigenvalue weighted by Gasteiger charge is -2.25. The first-order valence-corrected chi connectivity index (χ1v) is 10.4. The molecule has 142 valence electrons. The minimum Gasteiger partial charge on any atom is -0.462 e. The highest BCUT2D eigenvalue weighted by Gasteiger charge is 2.09. The van der Waals surface area contributed by atoms with Crippen LogP contribution in [0.2, 0.25) is 0 Å². The van der Waals surface area contributed by atoms with E-state index in [0.717, 1.165) is 25.9 Å². The Hall–Kier alpha value is -1.03. The van der Waals surface area contributed by atoms with Gasteiger partial charge in [-0.05, 0) is 48.7 Å². The van der Waals surface area contributed by atoms with Crippen LogP contribution in [0.4, 0.5) is 0 Å². The third-order valence-electron chi connectivity index (χ3n) is 4.44. The summed E-state index contributed by atoms with van der Waals surface area (Å²) >= 11 is 3.65. The number of hydrogen-bond acceptors (Lipinski definition) is 3. The van der Waals surface area contributed by atoms with Gasteiger partial charge in [0.25, 0.3) is 0 Å². The van der Waals surface area contributed by atoms with Crippen molar-refractivity contribution in [1.29, 1.82) is 0 Å². The number of unbranched alkanes of at least 4 members (excludes halogenated alkanes) is 8. The van der Waals surface area contributed by atoms with Gasteiger partial charge in [0.15, 0.2) is 0 Å². The summed E-state index contributed by atoms with van der Waals surface area (Å²) in [5.41, 5.74) is 1.83. The summed E-state index contributed by atoms with van der Waals surface area (Å²) in [4.78, 5) is 13.6. The molecule has 0 saturated carbocycles. The van der Waals surface area contributed by atoms with Crippen LogP contribution in [-0.2, 0) is 9.53 Å². The van der Waals surface area contributed by atoms with Crippen LogP contribution in [0.1, 0.15) is 71.6 Å². The van der Waals surface area contributed by atoms with Gasteiger partial charge in [-0.2, -0.15) is 0 Å². The first kappa shape index (κ1) is 22.0. The Morgan fingerprint density at radius 1 is 1.12 bits per heavy atom. The second-order valence-corrected chi connectivity index (χ2v) is 7.77. The van der Waals surface area contributed by atoms with E-state index in [4.69, 9.17) is 4.74 Å². The van der Waals surface area contributed by atoms with E-state index < -0.39 is 0 Å². The maximum Gasteiger partial charge on any atom is 0.333 e. The zero-order chi connectivity index (χ0) is 18.5. The lowest BCUT2D eigenvalue weighted by Crippen LogP contribution is -2.24. The molecule has 0 atom stereocenters. The maximum atomic E-state index is 11.2. The fraction of sp³-hybridized carbons (Fsp3) is 0.667. The highest BCUT2D eigenvalue weighted by atomic mass is 79.9. The highest BCUT2D eigenvalue weighted by molar-refractivity contribution is 9.11. The Bertz CT molecular complexity index is 482. The van der Waals surface area contributed by atoms with Gasteiger partial charge in [-0.3, -0.25) is 0 Å². The highest BCUT2D eigenvalue weighted by Crippen LogP contribution is 2.20. The third kappa shape index (κ3) is 10.5. The van der Waals surface area contributed by atoms with Crippen molar-refractivity contribution in [3.05, 3.63) is 34.5 Å². The fourth-order valence-electron chi connectivity index (χ4n) is 2.81. The molecule has 1 rings (SSSR count). The summed E-state index contributed by atoms with van der Waals surface area (Å²) in [6, 6.07) is 0. The molecule has 0 fully saturated rings. The molecule has 0 amide bonds. The first-order chi connectivity index (χ1) is 12.0. The fourth-order valence-corrected chi connectivity index (χ4v) is 3.49. The molecule has 25 heavy (non-hydrogen) atoms. The van der Waals surface area contributed by atoms with Crippen LogP contribution in [0.15, 0.2) is 34.5 Å². The minimum atomic E-state index is -0.266. The number of ether oxygens (including phenoxy) is 1. The van der Waals surface area contributed by atoms with Gasteiger partial charge in [-0.15, -0.1) is 0 Å². The maximum absolute atomic E-state index is 11.2. The van der Waals surface area contributed by atoms with Crippen LogP contribution < -0.4 is 0 Å². The molecule has 0 saturated heterocycles. The van der Waals surface area contributed by atoms with Gasteiger partial charge in [0.05, 0.1) is 11.2 Å². The minimum absolute atomic E-state index is 0.266. The van der Waals surface area contributed by atoms with Crippen molar-refractivity contribution in [1.82, 2.24) is 4.90 Å². The molecule has 0 aromatic rings. The second-order valence-electron chi connectivity index (χ2n) is 6.96. The third-order valence-corrected chi connectivity index (χ3v) is 5.17. The van der Waals surface area contributed by atoms with E-state index in [9.17, 15) is 4.79 Å². The smallest absolute Gasteiger partial charge is 0.333 e. The van der Waals surface area contributed by atoms with Crippen molar-refractivity contribution in [2.45, 2.75) is 71.6 Å². The van der Waals surface area contributed by atoms with Crippen LogP contribution in [-0.4, -0.2) is 30.6 Å². The van der Waals surface area contributed by atoms with Crippen molar-refractivity contribution in [2.24, 2.45) is 0 Å². The van der Waals surface area contributed by atoms with Crippen LogP contribution in [0.3, 0.4) is 0 Å². The zero-order valence-electron chi connectivity index (χ0n) is 16.0. The van der Waals surface area contributed by atoms with Crippen LogP contribution in [0.5, 0.6) is 0 Å². The molecule has 0 spiro atoms. The Kier molecular flexibility index (Phi) is 11.6. The Morgan fingerprint density at radius 3 is 2.24 bits per heavy atom. The summed E-state index contributed by atoms with van der Waals surface area (Å²) in [6.07, 6.45) is 15.7. The molecule has 4 heteroatoms. The van der Waals surface area contributed by atoms with Crippen LogP contribution >= 0.6 is 15.9 Å². The summed E-state index contributed by atoms with van der Waals surface area (Å²) in [6.45, 7) is 10.1. The van der Waals surface area contributed by atoms with E-state index in [1.807, 2.05) is 0 Å². The number of esters is 1. The van der Waals surface area contributed by atoms with Crippen molar-refractivity contribution in [3.63, 3.8) is 0 Å². The first-order valence-electron chi connectivity index (χ1n) is 9.62. The van der Waals surface area contributed by atoms with E-state index >= 15 is 0 Å². The lowest BCUT2D eigenvalue weighted by molar-refractivity contribution is -0.139. The molecular weight excluding hydrogens is 378 g/mol. The number of halogens is 1. The second kappa shape index (κ2) is 13.2. The molecule has 0 aromatic heterocycles. The van der Waals surface area contributed by atoms with Gasteiger partial charge >= 0.3 is 5.97 Å². The molecule has 0 unspecified atom stereocenters. The van der Waals surface area contributed by atoms with E-state index in [0.29, 0.717) is 12.2 Å². The van der Waals surface area contributed by atoms with Gasteiger partial charge < -0.3 is 9.64 Å². The zero-order valence-corrected chi connectivity index (χ0v) is 17.6. The predicted octanol–water partition coefficient (Wildman–Crippen LogP) is 6.11. The molecule has 3 nitrogen and oxygen atoms in total. The van der Waals surface area contributed by atoms with E-state index in [-0.39, 0.29) is 5.97 Å².